The molecule has 10 heteroatoms. The molecule has 0 bridgehead atoms. The highest BCUT2D eigenvalue weighted by atomic mass is 32.2. The van der Waals surface area contributed by atoms with Gasteiger partial charge in [-0.1, -0.05) is 18.2 Å². The van der Waals surface area contributed by atoms with Crippen molar-refractivity contribution in [1.29, 1.82) is 0 Å². The number of alkyl halides is 2. The molecule has 3 atom stereocenters. The number of hydrogen-bond donors (Lipinski definition) is 1. The lowest BCUT2D eigenvalue weighted by atomic mass is 9.99. The van der Waals surface area contributed by atoms with Crippen LogP contribution in [0.5, 0.6) is 0 Å². The number of anilines is 1. The van der Waals surface area contributed by atoms with E-state index in [4.69, 9.17) is 0 Å². The number of benzene rings is 1. The smallest absolute Gasteiger partial charge is 0.266 e. The topological polar surface area (TPSA) is 76.9 Å². The maximum Gasteiger partial charge on any atom is 0.266 e. The lowest BCUT2D eigenvalue weighted by Gasteiger charge is -2.19. The first-order valence-corrected chi connectivity index (χ1v) is 12.2. The molecule has 2 unspecified atom stereocenters. The van der Waals surface area contributed by atoms with Gasteiger partial charge in [0.05, 0.1) is 17.0 Å². The third-order valence-electron chi connectivity index (χ3n) is 5.93. The summed E-state index contributed by atoms with van der Waals surface area (Å²) in [7, 11) is -0.612. The average Bonchev–Trinajstić information content (AvgIpc) is 3.10. The number of nitrogens with zero attached hydrogens (tertiary/aromatic N) is 3. The summed E-state index contributed by atoms with van der Waals surface area (Å²) in [5.74, 6) is 3.76. The Kier molecular flexibility index (Phi) is 5.74. The average molecular weight is 465 g/mol. The number of fused-ring (bicyclic) bond motifs is 1. The third-order valence-corrected chi connectivity index (χ3v) is 7.92. The van der Waals surface area contributed by atoms with Crippen LogP contribution in [0.3, 0.4) is 0 Å². The van der Waals surface area contributed by atoms with E-state index in [1.54, 1.807) is 20.0 Å². The first-order chi connectivity index (χ1) is 15.1. The summed E-state index contributed by atoms with van der Waals surface area (Å²) >= 11 is 0. The molecule has 1 saturated heterocycles. The first kappa shape index (κ1) is 22.3. The molecule has 3 heterocycles. The Morgan fingerprint density at radius 3 is 2.66 bits per heavy atom. The van der Waals surface area contributed by atoms with Crippen LogP contribution in [0.15, 0.2) is 35.4 Å². The number of aromatic nitrogens is 3. The highest BCUT2D eigenvalue weighted by Gasteiger charge is 2.28. The fourth-order valence-corrected chi connectivity index (χ4v) is 6.15. The van der Waals surface area contributed by atoms with Gasteiger partial charge in [0.25, 0.3) is 12.0 Å². The van der Waals surface area contributed by atoms with Gasteiger partial charge in [0.15, 0.2) is 0 Å². The van der Waals surface area contributed by atoms with Crippen molar-refractivity contribution in [2.24, 2.45) is 7.05 Å². The van der Waals surface area contributed by atoms with E-state index in [1.165, 1.54) is 23.0 Å². The van der Waals surface area contributed by atoms with Crippen molar-refractivity contribution in [3.05, 3.63) is 63.5 Å². The molecular formula is C22H23F3N4O2S. The van der Waals surface area contributed by atoms with Crippen molar-refractivity contribution in [2.75, 3.05) is 16.8 Å². The standard InChI is InChI=1S/C22H23F3N4O2S/c1-12(14-5-4-6-15(18(14)23)19(24)25)28-20-17-9-16(13-7-8-32(3,31)10-13)22(30)29(2)21(17)27-11-26-20/h4-6,9,11-13,19H,3,7-8,10H2,1-2H3,(H,26,27,28)/t12-,13?,32?/m1/s1. The normalized spacial score (nSPS) is 21.9. The molecule has 4 rings (SSSR count). The van der Waals surface area contributed by atoms with Crippen LogP contribution >= 0.6 is 0 Å². The Labute approximate surface area is 183 Å². The van der Waals surface area contributed by atoms with Crippen molar-refractivity contribution >= 4 is 32.2 Å². The highest BCUT2D eigenvalue weighted by molar-refractivity contribution is 8.00. The van der Waals surface area contributed by atoms with E-state index >= 15 is 0 Å². The van der Waals surface area contributed by atoms with Gasteiger partial charge in [-0.2, -0.15) is 0 Å². The molecule has 0 amide bonds. The Morgan fingerprint density at radius 1 is 1.28 bits per heavy atom. The second kappa shape index (κ2) is 8.23. The second-order valence-electron chi connectivity index (χ2n) is 8.16. The van der Waals surface area contributed by atoms with Gasteiger partial charge < -0.3 is 5.32 Å². The fraction of sp³-hybridized carbons (Fsp3) is 0.364. The van der Waals surface area contributed by atoms with Gasteiger partial charge in [-0.25, -0.2) is 23.1 Å². The SMILES string of the molecule is C=S1(=O)CCC(c2cc3c(N[C@H](C)c4cccc(C(F)F)c4F)ncnc3n(C)c2=O)C1. The molecule has 1 fully saturated rings. The number of pyridine rings is 1. The van der Waals surface area contributed by atoms with E-state index in [9.17, 15) is 22.2 Å². The number of rotatable bonds is 5. The number of nitrogens with one attached hydrogen (secondary N) is 1. The Balaban J connectivity index is 1.77. The van der Waals surface area contributed by atoms with Crippen LogP contribution in [-0.4, -0.2) is 36.1 Å². The van der Waals surface area contributed by atoms with Crippen molar-refractivity contribution in [2.45, 2.75) is 31.7 Å². The molecule has 3 aromatic rings. The lowest BCUT2D eigenvalue weighted by Crippen LogP contribution is -2.25. The number of aryl methyl sites for hydroxylation is 1. The molecule has 0 spiro atoms. The molecule has 0 aliphatic carbocycles. The van der Waals surface area contributed by atoms with E-state index in [2.05, 4.69) is 21.2 Å². The molecule has 0 radical (unpaired) electrons. The van der Waals surface area contributed by atoms with Gasteiger partial charge >= 0.3 is 0 Å². The van der Waals surface area contributed by atoms with Crippen LogP contribution in [-0.2, 0) is 16.6 Å². The fourth-order valence-electron chi connectivity index (χ4n) is 4.19. The Morgan fingerprint density at radius 2 is 2.00 bits per heavy atom. The van der Waals surface area contributed by atoms with Gasteiger partial charge in [-0.15, -0.1) is 0 Å². The van der Waals surface area contributed by atoms with Gasteiger partial charge in [0.1, 0.15) is 23.6 Å². The third kappa shape index (κ3) is 3.99. The molecule has 32 heavy (non-hydrogen) atoms. The van der Waals surface area contributed by atoms with Crippen molar-refractivity contribution < 1.29 is 17.4 Å². The summed E-state index contributed by atoms with van der Waals surface area (Å²) in [6, 6.07) is 4.88. The quantitative estimate of drug-likeness (QED) is 0.582. The minimum atomic E-state index is -2.92. The predicted molar refractivity (Wildman–Crippen MR) is 121 cm³/mol. The minimum Gasteiger partial charge on any atom is -0.363 e. The zero-order chi connectivity index (χ0) is 23.2. The van der Waals surface area contributed by atoms with Crippen LogP contribution in [0.1, 0.15) is 48.4 Å². The summed E-state index contributed by atoms with van der Waals surface area (Å²) in [6.07, 6.45) is -1.05. The summed E-state index contributed by atoms with van der Waals surface area (Å²) in [4.78, 5) is 21.4. The van der Waals surface area contributed by atoms with E-state index in [0.29, 0.717) is 40.3 Å². The van der Waals surface area contributed by atoms with Crippen LogP contribution in [0.4, 0.5) is 19.0 Å². The minimum absolute atomic E-state index is 0.0761. The molecule has 1 aliphatic rings. The van der Waals surface area contributed by atoms with Crippen LogP contribution in [0, 0.1) is 5.82 Å². The molecule has 6 nitrogen and oxygen atoms in total. The molecular weight excluding hydrogens is 441 g/mol. The zero-order valence-corrected chi connectivity index (χ0v) is 18.5. The summed E-state index contributed by atoms with van der Waals surface area (Å²) in [5, 5.41) is 3.60. The first-order valence-electron chi connectivity index (χ1n) is 10.1. The highest BCUT2D eigenvalue weighted by Crippen LogP contribution is 2.32. The van der Waals surface area contributed by atoms with E-state index in [1.807, 2.05) is 0 Å². The summed E-state index contributed by atoms with van der Waals surface area (Å²) in [6.45, 7) is 1.64. The van der Waals surface area contributed by atoms with Gasteiger partial charge in [-0.05, 0) is 34.8 Å². The molecule has 1 aromatic carbocycles. The van der Waals surface area contributed by atoms with Crippen molar-refractivity contribution in [1.82, 2.24) is 14.5 Å². The largest absolute Gasteiger partial charge is 0.363 e. The molecule has 1 N–H and O–H groups in total. The van der Waals surface area contributed by atoms with Crippen LogP contribution < -0.4 is 10.9 Å². The van der Waals surface area contributed by atoms with Gasteiger partial charge in [0, 0.05) is 35.6 Å². The number of hydrogen-bond acceptors (Lipinski definition) is 5. The van der Waals surface area contributed by atoms with E-state index in [-0.39, 0.29) is 17.0 Å². The predicted octanol–water partition coefficient (Wildman–Crippen LogP) is 3.78. The zero-order valence-electron chi connectivity index (χ0n) is 17.6. The second-order valence-corrected chi connectivity index (χ2v) is 10.8. The molecule has 1 aliphatic heterocycles. The number of halogens is 3. The lowest BCUT2D eigenvalue weighted by molar-refractivity contribution is 0.146. The van der Waals surface area contributed by atoms with Crippen LogP contribution in [0.2, 0.25) is 0 Å². The maximum absolute atomic E-state index is 14.6. The van der Waals surface area contributed by atoms with Crippen LogP contribution in [0.25, 0.3) is 11.0 Å². The van der Waals surface area contributed by atoms with E-state index in [0.717, 1.165) is 6.07 Å². The Hall–Kier alpha value is -2.88. The van der Waals surface area contributed by atoms with E-state index < -0.39 is 33.4 Å². The monoisotopic (exact) mass is 464 g/mol. The molecule has 170 valence electrons. The van der Waals surface area contributed by atoms with Gasteiger partial charge in [-0.3, -0.25) is 13.6 Å². The molecule has 2 aromatic heterocycles. The summed E-state index contributed by atoms with van der Waals surface area (Å²) in [5.41, 5.74) is 0.0652. The van der Waals surface area contributed by atoms with Crippen molar-refractivity contribution in [3.63, 3.8) is 0 Å². The van der Waals surface area contributed by atoms with Gasteiger partial charge in [0.2, 0.25) is 0 Å². The van der Waals surface area contributed by atoms with Crippen molar-refractivity contribution in [3.8, 4) is 0 Å². The molecule has 0 saturated carbocycles. The summed E-state index contributed by atoms with van der Waals surface area (Å²) < 4.78 is 54.6. The maximum atomic E-state index is 14.6. The Bertz CT molecular complexity index is 1360.